The standard InChI is InChI=1S/C13H12N2/c1-3-11-5-4-6-12(7-11)13-8-14-10(2)15-9-13/h3-9H,1H2,2H3. The summed E-state index contributed by atoms with van der Waals surface area (Å²) in [6.45, 7) is 5.63. The third-order valence-corrected chi connectivity index (χ3v) is 2.24. The summed E-state index contributed by atoms with van der Waals surface area (Å²) in [5.41, 5.74) is 3.25. The van der Waals surface area contributed by atoms with Crippen LogP contribution in [0.5, 0.6) is 0 Å². The van der Waals surface area contributed by atoms with Crippen molar-refractivity contribution in [1.82, 2.24) is 9.97 Å². The van der Waals surface area contributed by atoms with Gasteiger partial charge in [-0.1, -0.05) is 30.9 Å². The molecule has 0 radical (unpaired) electrons. The van der Waals surface area contributed by atoms with Crippen molar-refractivity contribution in [2.45, 2.75) is 6.92 Å². The summed E-state index contributed by atoms with van der Waals surface area (Å²) in [5.74, 6) is 0.790. The van der Waals surface area contributed by atoms with E-state index >= 15 is 0 Å². The SMILES string of the molecule is C=Cc1cccc(-c2cnc(C)nc2)c1. The highest BCUT2D eigenvalue weighted by molar-refractivity contribution is 5.65. The summed E-state index contributed by atoms with van der Waals surface area (Å²) in [6, 6.07) is 8.14. The molecule has 2 nitrogen and oxygen atoms in total. The lowest BCUT2D eigenvalue weighted by Crippen LogP contribution is -1.87. The van der Waals surface area contributed by atoms with Crippen LogP contribution >= 0.6 is 0 Å². The highest BCUT2D eigenvalue weighted by atomic mass is 14.8. The molecule has 0 spiro atoms. The molecule has 1 heterocycles. The van der Waals surface area contributed by atoms with Gasteiger partial charge in [-0.05, 0) is 24.1 Å². The minimum absolute atomic E-state index is 0.790. The van der Waals surface area contributed by atoms with Crippen LogP contribution in [0.1, 0.15) is 11.4 Å². The van der Waals surface area contributed by atoms with E-state index in [1.54, 1.807) is 0 Å². The second kappa shape index (κ2) is 4.05. The maximum Gasteiger partial charge on any atom is 0.125 e. The lowest BCUT2D eigenvalue weighted by molar-refractivity contribution is 1.06. The molecule has 0 bridgehead atoms. The Balaban J connectivity index is 2.44. The second-order valence-electron chi connectivity index (χ2n) is 3.35. The monoisotopic (exact) mass is 196 g/mol. The second-order valence-corrected chi connectivity index (χ2v) is 3.35. The van der Waals surface area contributed by atoms with Gasteiger partial charge in [0.25, 0.3) is 0 Å². The first-order valence-electron chi connectivity index (χ1n) is 4.81. The van der Waals surface area contributed by atoms with E-state index < -0.39 is 0 Å². The zero-order valence-corrected chi connectivity index (χ0v) is 8.64. The van der Waals surface area contributed by atoms with Crippen LogP contribution < -0.4 is 0 Å². The van der Waals surface area contributed by atoms with Crippen molar-refractivity contribution in [2.75, 3.05) is 0 Å². The Bertz CT molecular complexity index is 472. The molecular weight excluding hydrogens is 184 g/mol. The van der Waals surface area contributed by atoms with E-state index in [0.717, 1.165) is 22.5 Å². The van der Waals surface area contributed by atoms with Gasteiger partial charge in [-0.2, -0.15) is 0 Å². The van der Waals surface area contributed by atoms with Crippen molar-refractivity contribution in [2.24, 2.45) is 0 Å². The van der Waals surface area contributed by atoms with E-state index in [-0.39, 0.29) is 0 Å². The van der Waals surface area contributed by atoms with Crippen LogP contribution in [0.2, 0.25) is 0 Å². The molecule has 2 rings (SSSR count). The van der Waals surface area contributed by atoms with Crippen molar-refractivity contribution < 1.29 is 0 Å². The molecule has 0 aliphatic rings. The largest absolute Gasteiger partial charge is 0.241 e. The van der Waals surface area contributed by atoms with Crippen LogP contribution in [0.15, 0.2) is 43.2 Å². The van der Waals surface area contributed by atoms with Gasteiger partial charge in [-0.3, -0.25) is 0 Å². The normalized spacial score (nSPS) is 9.93. The number of aromatic nitrogens is 2. The molecule has 0 aliphatic carbocycles. The van der Waals surface area contributed by atoms with Gasteiger partial charge in [0.2, 0.25) is 0 Å². The number of hydrogen-bond donors (Lipinski definition) is 0. The third-order valence-electron chi connectivity index (χ3n) is 2.24. The molecule has 15 heavy (non-hydrogen) atoms. The minimum atomic E-state index is 0.790. The molecule has 0 saturated carbocycles. The first-order chi connectivity index (χ1) is 7.29. The van der Waals surface area contributed by atoms with Crippen molar-refractivity contribution in [3.63, 3.8) is 0 Å². The van der Waals surface area contributed by atoms with Crippen molar-refractivity contribution in [1.29, 1.82) is 0 Å². The highest BCUT2D eigenvalue weighted by Crippen LogP contribution is 2.19. The molecule has 0 atom stereocenters. The van der Waals surface area contributed by atoms with E-state index in [2.05, 4.69) is 22.6 Å². The van der Waals surface area contributed by atoms with E-state index in [0.29, 0.717) is 0 Å². The Hall–Kier alpha value is -1.96. The van der Waals surface area contributed by atoms with E-state index in [1.165, 1.54) is 0 Å². The molecule has 0 aliphatic heterocycles. The average Bonchev–Trinajstić information content (AvgIpc) is 2.30. The summed E-state index contributed by atoms with van der Waals surface area (Å²) < 4.78 is 0. The topological polar surface area (TPSA) is 25.8 Å². The van der Waals surface area contributed by atoms with Crippen LogP contribution in [0.3, 0.4) is 0 Å². The van der Waals surface area contributed by atoms with Crippen LogP contribution in [0.4, 0.5) is 0 Å². The summed E-state index contributed by atoms with van der Waals surface area (Å²) in [6.07, 6.45) is 5.51. The molecule has 0 saturated heterocycles. The Morgan fingerprint density at radius 1 is 1.13 bits per heavy atom. The van der Waals surface area contributed by atoms with Crippen LogP contribution in [-0.2, 0) is 0 Å². The molecular formula is C13H12N2. The zero-order chi connectivity index (χ0) is 10.7. The number of benzene rings is 1. The van der Waals surface area contributed by atoms with Gasteiger partial charge in [0, 0.05) is 18.0 Å². The van der Waals surface area contributed by atoms with Crippen molar-refractivity contribution >= 4 is 6.08 Å². The van der Waals surface area contributed by atoms with Crippen LogP contribution in [0, 0.1) is 6.92 Å². The number of hydrogen-bond acceptors (Lipinski definition) is 2. The van der Waals surface area contributed by atoms with Gasteiger partial charge in [-0.15, -0.1) is 0 Å². The van der Waals surface area contributed by atoms with Gasteiger partial charge < -0.3 is 0 Å². The summed E-state index contributed by atoms with van der Waals surface area (Å²) >= 11 is 0. The van der Waals surface area contributed by atoms with Gasteiger partial charge in [0.15, 0.2) is 0 Å². The van der Waals surface area contributed by atoms with Crippen molar-refractivity contribution in [3.8, 4) is 11.1 Å². The lowest BCUT2D eigenvalue weighted by Gasteiger charge is -2.02. The molecule has 0 unspecified atom stereocenters. The Morgan fingerprint density at radius 2 is 1.87 bits per heavy atom. The van der Waals surface area contributed by atoms with Crippen LogP contribution in [-0.4, -0.2) is 9.97 Å². The maximum absolute atomic E-state index is 4.17. The molecule has 0 N–H and O–H groups in total. The van der Waals surface area contributed by atoms with Crippen LogP contribution in [0.25, 0.3) is 17.2 Å². The van der Waals surface area contributed by atoms with Gasteiger partial charge in [-0.25, -0.2) is 9.97 Å². The molecule has 2 aromatic rings. The third kappa shape index (κ3) is 2.10. The predicted octanol–water partition coefficient (Wildman–Crippen LogP) is 3.10. The summed E-state index contributed by atoms with van der Waals surface area (Å²) in [5, 5.41) is 0. The zero-order valence-electron chi connectivity index (χ0n) is 8.64. The highest BCUT2D eigenvalue weighted by Gasteiger charge is 1.98. The predicted molar refractivity (Wildman–Crippen MR) is 62.3 cm³/mol. The first kappa shape index (κ1) is 9.59. The Kier molecular flexibility index (Phi) is 2.59. The van der Waals surface area contributed by atoms with Gasteiger partial charge >= 0.3 is 0 Å². The molecule has 1 aromatic carbocycles. The smallest absolute Gasteiger partial charge is 0.125 e. The van der Waals surface area contributed by atoms with Gasteiger partial charge in [0.1, 0.15) is 5.82 Å². The van der Waals surface area contributed by atoms with E-state index in [4.69, 9.17) is 0 Å². The number of rotatable bonds is 2. The maximum atomic E-state index is 4.17. The first-order valence-corrected chi connectivity index (χ1v) is 4.81. The molecule has 0 fully saturated rings. The quantitative estimate of drug-likeness (QED) is 0.737. The van der Waals surface area contributed by atoms with Crippen molar-refractivity contribution in [3.05, 3.63) is 54.6 Å². The summed E-state index contributed by atoms with van der Waals surface area (Å²) in [7, 11) is 0. The fourth-order valence-electron chi connectivity index (χ4n) is 1.39. The van der Waals surface area contributed by atoms with Gasteiger partial charge in [0.05, 0.1) is 0 Å². The minimum Gasteiger partial charge on any atom is -0.241 e. The molecule has 0 amide bonds. The average molecular weight is 196 g/mol. The Labute approximate surface area is 89.3 Å². The number of aryl methyl sites for hydroxylation is 1. The fraction of sp³-hybridized carbons (Fsp3) is 0.0769. The number of nitrogens with zero attached hydrogens (tertiary/aromatic N) is 2. The lowest BCUT2D eigenvalue weighted by atomic mass is 10.1. The molecule has 1 aromatic heterocycles. The molecule has 2 heteroatoms. The molecule has 74 valence electrons. The summed E-state index contributed by atoms with van der Waals surface area (Å²) in [4.78, 5) is 8.35. The van der Waals surface area contributed by atoms with E-state index in [9.17, 15) is 0 Å². The Morgan fingerprint density at radius 3 is 2.53 bits per heavy atom. The fourth-order valence-corrected chi connectivity index (χ4v) is 1.39. The van der Waals surface area contributed by atoms with E-state index in [1.807, 2.05) is 43.6 Å².